The number of anilines is 1. The Hall–Kier alpha value is -1.62. The van der Waals surface area contributed by atoms with Crippen LogP contribution in [-0.2, 0) is 11.3 Å². The molecule has 0 unspecified atom stereocenters. The van der Waals surface area contributed by atoms with Gasteiger partial charge in [0.2, 0.25) is 0 Å². The van der Waals surface area contributed by atoms with E-state index < -0.39 is 4.92 Å². The van der Waals surface area contributed by atoms with Crippen molar-refractivity contribution in [2.75, 3.05) is 12.3 Å². The molecule has 1 aromatic carbocycles. The Morgan fingerprint density at radius 3 is 2.88 bits per heavy atom. The van der Waals surface area contributed by atoms with Crippen LogP contribution in [0.5, 0.6) is 0 Å². The van der Waals surface area contributed by atoms with Gasteiger partial charge in [-0.05, 0) is 18.4 Å². The third-order valence-electron chi connectivity index (χ3n) is 2.96. The zero-order valence-electron chi connectivity index (χ0n) is 9.59. The molecule has 1 aliphatic rings. The second kappa shape index (κ2) is 5.14. The van der Waals surface area contributed by atoms with E-state index in [1.54, 1.807) is 6.07 Å². The summed E-state index contributed by atoms with van der Waals surface area (Å²) in [6, 6.07) is 4.44. The third-order valence-corrected chi connectivity index (χ3v) is 2.96. The van der Waals surface area contributed by atoms with Crippen LogP contribution in [0, 0.1) is 16.0 Å². The van der Waals surface area contributed by atoms with Gasteiger partial charge < -0.3 is 10.5 Å². The normalized spacial score (nSPS) is 14.8. The molecule has 17 heavy (non-hydrogen) atoms. The number of hydrogen-bond donors (Lipinski definition) is 1. The van der Waals surface area contributed by atoms with Crippen LogP contribution in [0.3, 0.4) is 0 Å². The molecule has 0 heterocycles. The summed E-state index contributed by atoms with van der Waals surface area (Å²) in [4.78, 5) is 10.2. The molecule has 2 rings (SSSR count). The fourth-order valence-corrected chi connectivity index (χ4v) is 1.67. The van der Waals surface area contributed by atoms with Crippen molar-refractivity contribution in [1.82, 2.24) is 0 Å². The lowest BCUT2D eigenvalue weighted by Gasteiger charge is -2.06. The van der Waals surface area contributed by atoms with Crippen molar-refractivity contribution in [3.63, 3.8) is 0 Å². The number of nitrogen functional groups attached to an aromatic ring is 1. The Balaban J connectivity index is 1.88. The maximum atomic E-state index is 10.6. The standard InChI is InChI=1S/C12H16N2O3/c13-12-4-3-11(14(15)16)7-10(12)8-17-6-5-9-1-2-9/h3-4,7,9H,1-2,5-6,8,13H2. The monoisotopic (exact) mass is 236 g/mol. The van der Waals surface area contributed by atoms with Crippen LogP contribution >= 0.6 is 0 Å². The first kappa shape index (κ1) is 11.9. The molecule has 0 amide bonds. The quantitative estimate of drug-likeness (QED) is 0.356. The second-order valence-electron chi connectivity index (χ2n) is 4.42. The molecule has 0 saturated heterocycles. The molecule has 0 radical (unpaired) electrons. The summed E-state index contributed by atoms with van der Waals surface area (Å²) in [5, 5.41) is 10.6. The zero-order valence-corrected chi connectivity index (χ0v) is 9.59. The molecule has 0 bridgehead atoms. The molecule has 92 valence electrons. The maximum Gasteiger partial charge on any atom is 0.269 e. The van der Waals surface area contributed by atoms with Crippen molar-refractivity contribution in [1.29, 1.82) is 0 Å². The van der Waals surface area contributed by atoms with Crippen LogP contribution in [-0.4, -0.2) is 11.5 Å². The smallest absolute Gasteiger partial charge is 0.269 e. The highest BCUT2D eigenvalue weighted by Crippen LogP contribution is 2.32. The number of nitro benzene ring substituents is 1. The van der Waals surface area contributed by atoms with Crippen LogP contribution in [0.2, 0.25) is 0 Å². The van der Waals surface area contributed by atoms with Gasteiger partial charge in [0.15, 0.2) is 0 Å². The zero-order chi connectivity index (χ0) is 12.3. The fourth-order valence-electron chi connectivity index (χ4n) is 1.67. The molecule has 5 heteroatoms. The van der Waals surface area contributed by atoms with Gasteiger partial charge >= 0.3 is 0 Å². The van der Waals surface area contributed by atoms with Crippen LogP contribution in [0.15, 0.2) is 18.2 Å². The number of ether oxygens (including phenoxy) is 1. The topological polar surface area (TPSA) is 78.4 Å². The Labute approximate surface area is 99.7 Å². The average Bonchev–Trinajstić information content (AvgIpc) is 3.10. The van der Waals surface area contributed by atoms with Gasteiger partial charge in [0.25, 0.3) is 5.69 Å². The van der Waals surface area contributed by atoms with Crippen molar-refractivity contribution >= 4 is 11.4 Å². The van der Waals surface area contributed by atoms with Crippen molar-refractivity contribution in [2.45, 2.75) is 25.9 Å². The summed E-state index contributed by atoms with van der Waals surface area (Å²) >= 11 is 0. The lowest BCUT2D eigenvalue weighted by atomic mass is 10.1. The highest BCUT2D eigenvalue weighted by Gasteiger charge is 2.20. The molecule has 1 saturated carbocycles. The average molecular weight is 236 g/mol. The molecule has 5 nitrogen and oxygen atoms in total. The Bertz CT molecular complexity index is 416. The number of nitrogens with zero attached hydrogens (tertiary/aromatic N) is 1. The summed E-state index contributed by atoms with van der Waals surface area (Å²) < 4.78 is 5.48. The minimum Gasteiger partial charge on any atom is -0.398 e. The minimum absolute atomic E-state index is 0.0555. The molecule has 2 N–H and O–H groups in total. The van der Waals surface area contributed by atoms with Crippen molar-refractivity contribution in [3.05, 3.63) is 33.9 Å². The molecule has 0 atom stereocenters. The van der Waals surface area contributed by atoms with Gasteiger partial charge in [-0.1, -0.05) is 12.8 Å². The number of nitro groups is 1. The van der Waals surface area contributed by atoms with Gasteiger partial charge in [0, 0.05) is 30.0 Å². The van der Waals surface area contributed by atoms with Gasteiger partial charge in [0.1, 0.15) is 0 Å². The number of non-ortho nitro benzene ring substituents is 1. The summed E-state index contributed by atoms with van der Waals surface area (Å²) in [5.41, 5.74) is 7.03. The third kappa shape index (κ3) is 3.42. The maximum absolute atomic E-state index is 10.6. The van der Waals surface area contributed by atoms with Gasteiger partial charge in [-0.3, -0.25) is 10.1 Å². The number of nitrogens with two attached hydrogens (primary N) is 1. The van der Waals surface area contributed by atoms with E-state index in [4.69, 9.17) is 10.5 Å². The largest absolute Gasteiger partial charge is 0.398 e. The van der Waals surface area contributed by atoms with Gasteiger partial charge in [-0.25, -0.2) is 0 Å². The fraction of sp³-hybridized carbons (Fsp3) is 0.500. The van der Waals surface area contributed by atoms with Crippen molar-refractivity contribution in [2.24, 2.45) is 5.92 Å². The molecule has 1 aliphatic carbocycles. The summed E-state index contributed by atoms with van der Waals surface area (Å²) in [7, 11) is 0. The van der Waals surface area contributed by atoms with Crippen LogP contribution < -0.4 is 5.73 Å². The predicted molar refractivity (Wildman–Crippen MR) is 64.5 cm³/mol. The molecule has 0 spiro atoms. The summed E-state index contributed by atoms with van der Waals surface area (Å²) in [6.07, 6.45) is 3.69. The van der Waals surface area contributed by atoms with E-state index >= 15 is 0 Å². The highest BCUT2D eigenvalue weighted by atomic mass is 16.6. The van der Waals surface area contributed by atoms with E-state index in [-0.39, 0.29) is 5.69 Å². The molecule has 0 aromatic heterocycles. The lowest BCUT2D eigenvalue weighted by molar-refractivity contribution is -0.384. The highest BCUT2D eigenvalue weighted by molar-refractivity contribution is 5.52. The first-order valence-corrected chi connectivity index (χ1v) is 5.77. The van der Waals surface area contributed by atoms with E-state index in [0.717, 1.165) is 12.3 Å². The molecule has 1 fully saturated rings. The van der Waals surface area contributed by atoms with Crippen molar-refractivity contribution in [3.8, 4) is 0 Å². The summed E-state index contributed by atoms with van der Waals surface area (Å²) in [6.45, 7) is 1.05. The minimum atomic E-state index is -0.423. The molecular formula is C12H16N2O3. The first-order chi connectivity index (χ1) is 8.16. The Morgan fingerprint density at radius 1 is 1.47 bits per heavy atom. The van der Waals surface area contributed by atoms with Gasteiger partial charge in [0.05, 0.1) is 11.5 Å². The summed E-state index contributed by atoms with van der Waals surface area (Å²) in [5.74, 6) is 0.831. The van der Waals surface area contributed by atoms with Crippen molar-refractivity contribution < 1.29 is 9.66 Å². The lowest BCUT2D eigenvalue weighted by Crippen LogP contribution is -2.01. The van der Waals surface area contributed by atoms with E-state index in [1.165, 1.54) is 25.0 Å². The van der Waals surface area contributed by atoms with E-state index in [2.05, 4.69) is 0 Å². The van der Waals surface area contributed by atoms with Crippen LogP contribution in [0.25, 0.3) is 0 Å². The first-order valence-electron chi connectivity index (χ1n) is 5.77. The van der Waals surface area contributed by atoms with Gasteiger partial charge in [-0.15, -0.1) is 0 Å². The number of benzene rings is 1. The van der Waals surface area contributed by atoms with E-state index in [1.807, 2.05) is 0 Å². The molecule has 1 aromatic rings. The number of hydrogen-bond acceptors (Lipinski definition) is 4. The second-order valence-corrected chi connectivity index (χ2v) is 4.42. The Kier molecular flexibility index (Phi) is 3.58. The molecule has 0 aliphatic heterocycles. The molecular weight excluding hydrogens is 220 g/mol. The number of rotatable bonds is 6. The van der Waals surface area contributed by atoms with Gasteiger partial charge in [-0.2, -0.15) is 0 Å². The van der Waals surface area contributed by atoms with E-state index in [0.29, 0.717) is 24.5 Å². The van der Waals surface area contributed by atoms with Crippen LogP contribution in [0.1, 0.15) is 24.8 Å². The Morgan fingerprint density at radius 2 is 2.24 bits per heavy atom. The predicted octanol–water partition coefficient (Wildman–Crippen LogP) is 2.49. The van der Waals surface area contributed by atoms with Crippen LogP contribution in [0.4, 0.5) is 11.4 Å². The SMILES string of the molecule is Nc1ccc([N+](=O)[O-])cc1COCCC1CC1. The van der Waals surface area contributed by atoms with E-state index in [9.17, 15) is 10.1 Å².